The highest BCUT2D eigenvalue weighted by Crippen LogP contribution is 2.37. The van der Waals surface area contributed by atoms with Crippen LogP contribution >= 0.6 is 11.3 Å². The molecule has 186 valence electrons. The Balaban J connectivity index is 1.54. The normalized spacial score (nSPS) is 17.2. The minimum absolute atomic E-state index is 0.0692. The Morgan fingerprint density at radius 3 is 2.74 bits per heavy atom. The summed E-state index contributed by atoms with van der Waals surface area (Å²) in [6.07, 6.45) is 2.62. The number of hydrogen-bond acceptors (Lipinski definition) is 8. The molecule has 0 spiro atoms. The van der Waals surface area contributed by atoms with E-state index in [9.17, 15) is 14.0 Å². The van der Waals surface area contributed by atoms with E-state index in [1.54, 1.807) is 6.07 Å². The summed E-state index contributed by atoms with van der Waals surface area (Å²) < 4.78 is 20.1. The number of halogens is 1. The number of fused-ring (bicyclic) bond motifs is 1. The van der Waals surface area contributed by atoms with Gasteiger partial charge < -0.3 is 25.6 Å². The van der Waals surface area contributed by atoms with Gasteiger partial charge >= 0.3 is 0 Å². The van der Waals surface area contributed by atoms with Crippen LogP contribution in [0.25, 0.3) is 10.2 Å². The maximum atomic E-state index is 14.0. The molecule has 9 nitrogen and oxygen atoms in total. The predicted octanol–water partition coefficient (Wildman–Crippen LogP) is 3.22. The second kappa shape index (κ2) is 10.5. The molecule has 4 rings (SSSR count). The van der Waals surface area contributed by atoms with Gasteiger partial charge in [-0.2, -0.15) is 0 Å². The van der Waals surface area contributed by atoms with E-state index in [1.807, 2.05) is 25.9 Å². The van der Waals surface area contributed by atoms with Crippen molar-refractivity contribution in [3.8, 4) is 5.75 Å². The Morgan fingerprint density at radius 2 is 2.03 bits per heavy atom. The fourth-order valence-electron chi connectivity index (χ4n) is 3.93. The second-order valence-corrected chi connectivity index (χ2v) is 9.89. The van der Waals surface area contributed by atoms with E-state index < -0.39 is 5.82 Å². The van der Waals surface area contributed by atoms with Gasteiger partial charge in [0.1, 0.15) is 34.6 Å². The third kappa shape index (κ3) is 5.85. The summed E-state index contributed by atoms with van der Waals surface area (Å²) in [5.74, 6) is 0.225. The Labute approximate surface area is 207 Å². The number of hydrogen-bond donors (Lipinski definition) is 3. The minimum Gasteiger partial charge on any atom is -0.488 e. The summed E-state index contributed by atoms with van der Waals surface area (Å²) in [6, 6.07) is 4.34. The van der Waals surface area contributed by atoms with Gasteiger partial charge in [-0.3, -0.25) is 9.59 Å². The van der Waals surface area contributed by atoms with Crippen molar-refractivity contribution in [2.45, 2.75) is 38.8 Å². The Morgan fingerprint density at radius 1 is 1.26 bits per heavy atom. The van der Waals surface area contributed by atoms with Crippen molar-refractivity contribution in [1.29, 1.82) is 0 Å². The van der Waals surface area contributed by atoms with Gasteiger partial charge in [-0.25, -0.2) is 14.4 Å². The van der Waals surface area contributed by atoms with Crippen LogP contribution < -0.4 is 20.7 Å². The molecule has 1 aliphatic carbocycles. The van der Waals surface area contributed by atoms with Crippen LogP contribution in [-0.2, 0) is 4.79 Å². The molecule has 0 saturated heterocycles. The van der Waals surface area contributed by atoms with Gasteiger partial charge in [0.15, 0.2) is 0 Å². The van der Waals surface area contributed by atoms with E-state index in [-0.39, 0.29) is 24.0 Å². The van der Waals surface area contributed by atoms with Gasteiger partial charge in [0, 0.05) is 45.0 Å². The minimum atomic E-state index is -0.417. The summed E-state index contributed by atoms with van der Waals surface area (Å²) in [6.45, 7) is 4.63. The molecule has 2 heterocycles. The second-order valence-electron chi connectivity index (χ2n) is 8.89. The molecule has 0 unspecified atom stereocenters. The summed E-state index contributed by atoms with van der Waals surface area (Å²) >= 11 is 1.31. The maximum absolute atomic E-state index is 14.0. The van der Waals surface area contributed by atoms with Crippen molar-refractivity contribution in [1.82, 2.24) is 25.5 Å². The molecule has 11 heteroatoms. The molecule has 2 amide bonds. The fraction of sp³-hybridized carbons (Fsp3) is 0.417. The molecule has 1 fully saturated rings. The number of likely N-dealkylation sites (N-methyl/N-ethyl adjacent to an activating group) is 1. The molecule has 2 aromatic heterocycles. The highest BCUT2D eigenvalue weighted by Gasteiger charge is 2.32. The topological polar surface area (TPSA) is 108 Å². The number of nitrogens with zero attached hydrogens (tertiary/aromatic N) is 3. The monoisotopic (exact) mass is 500 g/mol. The molecule has 1 saturated carbocycles. The number of aromatic nitrogens is 2. The van der Waals surface area contributed by atoms with Crippen LogP contribution in [0.2, 0.25) is 0 Å². The lowest BCUT2D eigenvalue weighted by molar-refractivity contribution is -0.120. The number of anilines is 2. The van der Waals surface area contributed by atoms with E-state index in [1.165, 1.54) is 36.7 Å². The van der Waals surface area contributed by atoms with Crippen molar-refractivity contribution >= 4 is 44.9 Å². The standard InChI is InChI=1S/C24H29FN6O3S/c1-13-20-22(27-12-28-24(20)35-21(13)23(33)26-7-8-31(3)4)30-18-6-5-15(25)9-19(18)34-17-10-16(11-17)29-14(2)32/h5-6,9,12,16-17H,7-8,10-11H2,1-4H3,(H,26,33)(H,29,32)(H,27,28,30)/t16-,17-. The predicted molar refractivity (Wildman–Crippen MR) is 134 cm³/mol. The van der Waals surface area contributed by atoms with Crippen molar-refractivity contribution in [3.05, 3.63) is 40.8 Å². The van der Waals surface area contributed by atoms with E-state index in [0.717, 1.165) is 17.5 Å². The Bertz CT molecular complexity index is 1240. The maximum Gasteiger partial charge on any atom is 0.261 e. The van der Waals surface area contributed by atoms with Gasteiger partial charge in [-0.1, -0.05) is 0 Å². The molecule has 1 aromatic carbocycles. The molecule has 3 N–H and O–H groups in total. The Kier molecular flexibility index (Phi) is 7.46. The summed E-state index contributed by atoms with van der Waals surface area (Å²) in [4.78, 5) is 36.0. The molecular formula is C24H29FN6O3S. The van der Waals surface area contributed by atoms with Gasteiger partial charge in [-0.05, 0) is 38.7 Å². The van der Waals surface area contributed by atoms with Crippen LogP contribution in [-0.4, -0.2) is 66.0 Å². The highest BCUT2D eigenvalue weighted by atomic mass is 32.1. The van der Waals surface area contributed by atoms with Crippen molar-refractivity contribution in [3.63, 3.8) is 0 Å². The first-order valence-corrected chi connectivity index (χ1v) is 12.2. The van der Waals surface area contributed by atoms with Crippen molar-refractivity contribution in [2.24, 2.45) is 0 Å². The molecule has 1 aliphatic rings. The summed E-state index contributed by atoms with van der Waals surface area (Å²) in [5.41, 5.74) is 1.33. The first-order valence-electron chi connectivity index (χ1n) is 11.4. The fourth-order valence-corrected chi connectivity index (χ4v) is 4.99. The summed E-state index contributed by atoms with van der Waals surface area (Å²) in [5, 5.41) is 9.78. The van der Waals surface area contributed by atoms with Crippen LogP contribution in [0.5, 0.6) is 5.75 Å². The number of aryl methyl sites for hydroxylation is 1. The van der Waals surface area contributed by atoms with Crippen LogP contribution in [0.1, 0.15) is 35.0 Å². The van der Waals surface area contributed by atoms with E-state index in [2.05, 4.69) is 25.9 Å². The van der Waals surface area contributed by atoms with E-state index in [0.29, 0.717) is 46.3 Å². The highest BCUT2D eigenvalue weighted by molar-refractivity contribution is 7.20. The number of rotatable bonds is 9. The van der Waals surface area contributed by atoms with Crippen molar-refractivity contribution in [2.75, 3.05) is 32.5 Å². The first kappa shape index (κ1) is 24.8. The number of carbonyl (C=O) groups excluding carboxylic acids is 2. The number of thiophene rings is 1. The number of amides is 2. The quantitative estimate of drug-likeness (QED) is 0.414. The van der Waals surface area contributed by atoms with Crippen LogP contribution in [0.15, 0.2) is 24.5 Å². The molecule has 0 radical (unpaired) electrons. The lowest BCUT2D eigenvalue weighted by Gasteiger charge is -2.36. The first-order chi connectivity index (χ1) is 16.7. The third-order valence-corrected chi connectivity index (χ3v) is 6.97. The van der Waals surface area contributed by atoms with Crippen LogP contribution in [0.3, 0.4) is 0 Å². The van der Waals surface area contributed by atoms with E-state index >= 15 is 0 Å². The zero-order valence-electron chi connectivity index (χ0n) is 20.1. The smallest absolute Gasteiger partial charge is 0.261 e. The SMILES string of the molecule is CC(=O)N[C@H]1C[C@H](Oc2cc(F)ccc2Nc2ncnc3sc(C(=O)NCCN(C)C)c(C)c23)C1. The molecule has 0 atom stereocenters. The molecule has 0 aliphatic heterocycles. The van der Waals surface area contributed by atoms with Crippen LogP contribution in [0, 0.1) is 12.7 Å². The van der Waals surface area contributed by atoms with Gasteiger partial charge in [-0.15, -0.1) is 11.3 Å². The van der Waals surface area contributed by atoms with Gasteiger partial charge in [0.05, 0.1) is 16.0 Å². The zero-order valence-corrected chi connectivity index (χ0v) is 21.0. The number of carbonyl (C=O) groups is 2. The lowest BCUT2D eigenvalue weighted by atomic mass is 9.89. The molecule has 0 bridgehead atoms. The van der Waals surface area contributed by atoms with Gasteiger partial charge in [0.25, 0.3) is 5.91 Å². The molecule has 35 heavy (non-hydrogen) atoms. The number of ether oxygens (including phenoxy) is 1. The molecular weight excluding hydrogens is 471 g/mol. The lowest BCUT2D eigenvalue weighted by Crippen LogP contribution is -2.48. The number of nitrogens with one attached hydrogen (secondary N) is 3. The summed E-state index contributed by atoms with van der Waals surface area (Å²) in [7, 11) is 3.90. The Hall–Kier alpha value is -3.31. The zero-order chi connectivity index (χ0) is 25.1. The average molecular weight is 501 g/mol. The van der Waals surface area contributed by atoms with Crippen molar-refractivity contribution < 1.29 is 18.7 Å². The van der Waals surface area contributed by atoms with E-state index in [4.69, 9.17) is 4.74 Å². The largest absolute Gasteiger partial charge is 0.488 e. The molecule has 3 aromatic rings. The van der Waals surface area contributed by atoms with Crippen LogP contribution in [0.4, 0.5) is 15.9 Å². The van der Waals surface area contributed by atoms with Gasteiger partial charge in [0.2, 0.25) is 5.91 Å². The average Bonchev–Trinajstić information content (AvgIpc) is 3.11. The third-order valence-electron chi connectivity index (χ3n) is 5.77. The number of benzene rings is 1.